The molecule has 3 nitrogen and oxygen atoms in total. The maximum Gasteiger partial charge on any atom is 0.152 e. The molecule has 0 aromatic carbocycles. The molecule has 0 saturated carbocycles. The summed E-state index contributed by atoms with van der Waals surface area (Å²) in [6.45, 7) is 4.27. The summed E-state index contributed by atoms with van der Waals surface area (Å²) < 4.78 is 4.81. The van der Waals surface area contributed by atoms with Crippen LogP contribution in [0.15, 0.2) is 0 Å². The Morgan fingerprint density at radius 1 is 1.55 bits per heavy atom. The summed E-state index contributed by atoms with van der Waals surface area (Å²) in [6.07, 6.45) is 0.619. The van der Waals surface area contributed by atoms with Crippen LogP contribution in [0.3, 0.4) is 0 Å². The predicted octanol–water partition coefficient (Wildman–Crippen LogP) is 0.575. The lowest BCUT2D eigenvalue weighted by molar-refractivity contribution is -0.123. The van der Waals surface area contributed by atoms with Gasteiger partial charge in [0.15, 0.2) is 5.78 Å². The van der Waals surface area contributed by atoms with Crippen LogP contribution in [0.25, 0.3) is 0 Å². The lowest BCUT2D eigenvalue weighted by Crippen LogP contribution is -2.34. The summed E-state index contributed by atoms with van der Waals surface area (Å²) in [6, 6.07) is -0.352. The third-order valence-electron chi connectivity index (χ3n) is 1.57. The van der Waals surface area contributed by atoms with Gasteiger partial charge < -0.3 is 10.5 Å². The Labute approximate surface area is 67.9 Å². The van der Waals surface area contributed by atoms with E-state index in [4.69, 9.17) is 10.5 Å². The number of carbonyl (C=O) groups is 1. The molecule has 0 aliphatic carbocycles. The van der Waals surface area contributed by atoms with E-state index >= 15 is 0 Å². The molecule has 0 aromatic rings. The molecule has 11 heavy (non-hydrogen) atoms. The van der Waals surface area contributed by atoms with E-state index in [0.29, 0.717) is 13.0 Å². The third-order valence-corrected chi connectivity index (χ3v) is 1.57. The molecule has 0 spiro atoms. The monoisotopic (exact) mass is 159 g/mol. The lowest BCUT2D eigenvalue weighted by atomic mass is 10.0. The molecule has 0 amide bonds. The average Bonchev–Trinajstić information content (AvgIpc) is 1.98. The Bertz CT molecular complexity index is 123. The van der Waals surface area contributed by atoms with Gasteiger partial charge in [-0.25, -0.2) is 0 Å². The van der Waals surface area contributed by atoms with Crippen LogP contribution in [-0.4, -0.2) is 25.5 Å². The van der Waals surface area contributed by atoms with Gasteiger partial charge in [0.2, 0.25) is 0 Å². The summed E-state index contributed by atoms with van der Waals surface area (Å²) in [4.78, 5) is 11.2. The van der Waals surface area contributed by atoms with Crippen LogP contribution in [0.2, 0.25) is 0 Å². The molecule has 66 valence electrons. The smallest absolute Gasteiger partial charge is 0.152 e. The molecule has 1 unspecified atom stereocenters. The molecule has 3 heteroatoms. The van der Waals surface area contributed by atoms with E-state index in [1.54, 1.807) is 7.11 Å². The first-order valence-corrected chi connectivity index (χ1v) is 3.87. The minimum absolute atomic E-state index is 0.0295. The molecule has 0 radical (unpaired) electrons. The van der Waals surface area contributed by atoms with Gasteiger partial charge in [-0.05, 0) is 6.42 Å². The van der Waals surface area contributed by atoms with E-state index in [9.17, 15) is 4.79 Å². The third kappa shape index (κ3) is 4.11. The van der Waals surface area contributed by atoms with Gasteiger partial charge >= 0.3 is 0 Å². The van der Waals surface area contributed by atoms with Crippen molar-refractivity contribution in [2.24, 2.45) is 11.7 Å². The van der Waals surface area contributed by atoms with Crippen molar-refractivity contribution in [3.63, 3.8) is 0 Å². The largest absolute Gasteiger partial charge is 0.385 e. The van der Waals surface area contributed by atoms with Gasteiger partial charge in [0, 0.05) is 19.6 Å². The second-order valence-electron chi connectivity index (χ2n) is 2.95. The molecule has 1 atom stereocenters. The number of ketones is 1. The second kappa shape index (κ2) is 5.27. The number of methoxy groups -OCH3 is 1. The van der Waals surface area contributed by atoms with Crippen molar-refractivity contribution in [3.8, 4) is 0 Å². The molecule has 0 fully saturated rings. The van der Waals surface area contributed by atoms with Gasteiger partial charge in [0.05, 0.1) is 6.04 Å². The van der Waals surface area contributed by atoms with E-state index in [-0.39, 0.29) is 17.7 Å². The number of rotatable bonds is 5. The van der Waals surface area contributed by atoms with Crippen LogP contribution in [0.4, 0.5) is 0 Å². The molecule has 2 N–H and O–H groups in total. The highest BCUT2D eigenvalue weighted by atomic mass is 16.5. The van der Waals surface area contributed by atoms with Gasteiger partial charge in [0.1, 0.15) is 0 Å². The van der Waals surface area contributed by atoms with Gasteiger partial charge in [0.25, 0.3) is 0 Å². The van der Waals surface area contributed by atoms with Gasteiger partial charge in [-0.3, -0.25) is 4.79 Å². The van der Waals surface area contributed by atoms with Crippen molar-refractivity contribution in [1.29, 1.82) is 0 Å². The van der Waals surface area contributed by atoms with E-state index in [2.05, 4.69) is 0 Å². The number of ether oxygens (including phenoxy) is 1. The first kappa shape index (κ1) is 10.6. The topological polar surface area (TPSA) is 52.3 Å². The predicted molar refractivity (Wildman–Crippen MR) is 44.3 cm³/mol. The fraction of sp³-hybridized carbons (Fsp3) is 0.875. The molecular formula is C8H17NO2. The Kier molecular flexibility index (Phi) is 5.07. The zero-order chi connectivity index (χ0) is 8.85. The van der Waals surface area contributed by atoms with Crippen molar-refractivity contribution >= 4 is 5.78 Å². The zero-order valence-corrected chi connectivity index (χ0v) is 7.46. The van der Waals surface area contributed by atoms with Gasteiger partial charge in [-0.1, -0.05) is 13.8 Å². The highest BCUT2D eigenvalue weighted by Crippen LogP contribution is 2.00. The molecule has 0 rings (SSSR count). The summed E-state index contributed by atoms with van der Waals surface area (Å²) in [5.74, 6) is 0.143. The van der Waals surface area contributed by atoms with Crippen LogP contribution in [-0.2, 0) is 9.53 Å². The highest BCUT2D eigenvalue weighted by molar-refractivity contribution is 5.85. The van der Waals surface area contributed by atoms with E-state index in [0.717, 1.165) is 0 Å². The van der Waals surface area contributed by atoms with E-state index in [1.165, 1.54) is 0 Å². The van der Waals surface area contributed by atoms with Gasteiger partial charge in [-0.2, -0.15) is 0 Å². The number of hydrogen-bond donors (Lipinski definition) is 1. The number of nitrogens with two attached hydrogens (primary N) is 1. The Morgan fingerprint density at radius 2 is 2.09 bits per heavy atom. The highest BCUT2D eigenvalue weighted by Gasteiger charge is 2.15. The minimum atomic E-state index is -0.352. The van der Waals surface area contributed by atoms with Crippen molar-refractivity contribution in [3.05, 3.63) is 0 Å². The average molecular weight is 159 g/mol. The summed E-state index contributed by atoms with van der Waals surface area (Å²) in [5, 5.41) is 0. The SMILES string of the molecule is COCCC(N)C(=O)C(C)C. The normalized spacial score (nSPS) is 13.5. The number of carbonyl (C=O) groups excluding carboxylic acids is 1. The van der Waals surface area contributed by atoms with Crippen molar-refractivity contribution in [2.75, 3.05) is 13.7 Å². The molecule has 0 bridgehead atoms. The maximum absolute atomic E-state index is 11.2. The van der Waals surface area contributed by atoms with Crippen LogP contribution in [0.5, 0.6) is 0 Å². The first-order valence-electron chi connectivity index (χ1n) is 3.87. The second-order valence-corrected chi connectivity index (χ2v) is 2.95. The number of Topliss-reactive ketones (excluding diaryl/α,β-unsaturated/α-hetero) is 1. The van der Waals surface area contributed by atoms with Gasteiger partial charge in [-0.15, -0.1) is 0 Å². The number of hydrogen-bond acceptors (Lipinski definition) is 3. The molecular weight excluding hydrogens is 142 g/mol. The lowest BCUT2D eigenvalue weighted by Gasteiger charge is -2.11. The summed E-state index contributed by atoms with van der Waals surface area (Å²) in [5.41, 5.74) is 5.57. The van der Waals surface area contributed by atoms with Crippen molar-refractivity contribution < 1.29 is 9.53 Å². The van der Waals surface area contributed by atoms with E-state index in [1.807, 2.05) is 13.8 Å². The van der Waals surface area contributed by atoms with E-state index < -0.39 is 0 Å². The standard InChI is InChI=1S/C8H17NO2/c1-6(2)8(10)7(9)4-5-11-3/h6-7H,4-5,9H2,1-3H3. The quantitative estimate of drug-likeness (QED) is 0.638. The van der Waals surface area contributed by atoms with Crippen molar-refractivity contribution in [2.45, 2.75) is 26.3 Å². The Morgan fingerprint density at radius 3 is 2.45 bits per heavy atom. The fourth-order valence-electron chi connectivity index (χ4n) is 0.815. The van der Waals surface area contributed by atoms with Crippen LogP contribution in [0, 0.1) is 5.92 Å². The Hall–Kier alpha value is -0.410. The fourth-order valence-corrected chi connectivity index (χ4v) is 0.815. The molecule has 0 heterocycles. The van der Waals surface area contributed by atoms with Crippen LogP contribution < -0.4 is 5.73 Å². The minimum Gasteiger partial charge on any atom is -0.385 e. The molecule has 0 aliphatic heterocycles. The maximum atomic E-state index is 11.2. The van der Waals surface area contributed by atoms with Crippen molar-refractivity contribution in [1.82, 2.24) is 0 Å². The molecule has 0 saturated heterocycles. The Balaban J connectivity index is 3.64. The summed E-state index contributed by atoms with van der Waals surface area (Å²) >= 11 is 0. The van der Waals surface area contributed by atoms with Crippen LogP contribution >= 0.6 is 0 Å². The zero-order valence-electron chi connectivity index (χ0n) is 7.46. The molecule has 0 aromatic heterocycles. The summed E-state index contributed by atoms with van der Waals surface area (Å²) in [7, 11) is 1.60. The van der Waals surface area contributed by atoms with Crippen LogP contribution in [0.1, 0.15) is 20.3 Å². The first-order chi connectivity index (χ1) is 5.09. The molecule has 0 aliphatic rings.